The number of halogens is 2. The summed E-state index contributed by atoms with van der Waals surface area (Å²) >= 11 is 14.1. The lowest BCUT2D eigenvalue weighted by molar-refractivity contribution is 0.317. The molecule has 0 saturated carbocycles. The zero-order valence-electron chi connectivity index (χ0n) is 24.8. The van der Waals surface area contributed by atoms with Gasteiger partial charge in [0.15, 0.2) is 22.7 Å². The number of nitriles is 1. The lowest BCUT2D eigenvalue weighted by Crippen LogP contribution is -2.37. The first-order chi connectivity index (χ1) is 21.6. The van der Waals surface area contributed by atoms with E-state index in [1.54, 1.807) is 47.2 Å². The third kappa shape index (κ3) is 5.64. The summed E-state index contributed by atoms with van der Waals surface area (Å²) < 4.78 is 15.8. The van der Waals surface area contributed by atoms with Gasteiger partial charge < -0.3 is 14.4 Å². The number of aliphatic imine (C=N–C) groups is 1. The normalized spacial score (nSPS) is 13.4. The number of rotatable bonds is 7. The van der Waals surface area contributed by atoms with Crippen molar-refractivity contribution in [2.45, 2.75) is 19.5 Å². The molecule has 0 spiro atoms. The van der Waals surface area contributed by atoms with Gasteiger partial charge in [0.25, 0.3) is 5.56 Å². The molecule has 14 heteroatoms. The highest BCUT2D eigenvalue weighted by atomic mass is 35.5. The number of hydrogen-bond donors (Lipinski definition) is 0. The summed E-state index contributed by atoms with van der Waals surface area (Å²) in [5.41, 5.74) is 2.38. The van der Waals surface area contributed by atoms with E-state index in [1.807, 2.05) is 0 Å². The van der Waals surface area contributed by atoms with Crippen LogP contribution in [-0.4, -0.2) is 50.5 Å². The van der Waals surface area contributed by atoms with Crippen molar-refractivity contribution < 1.29 is 9.47 Å². The van der Waals surface area contributed by atoms with Crippen LogP contribution in [0.4, 0.5) is 5.00 Å². The SMILES string of the molecule is COc1cc(C=Nc2sc3c(c2C#N)CCN(C)C3)ccc1Oc1nc2c(c(=O)n(C)c(=O)n2C)n1Cc1ccc(Cl)cc1Cl. The summed E-state index contributed by atoms with van der Waals surface area (Å²) in [4.78, 5) is 38.6. The van der Waals surface area contributed by atoms with Gasteiger partial charge in [-0.15, -0.1) is 11.3 Å². The van der Waals surface area contributed by atoms with Crippen LogP contribution in [0.2, 0.25) is 10.0 Å². The van der Waals surface area contributed by atoms with Gasteiger partial charge in [-0.25, -0.2) is 9.79 Å². The first-order valence-corrected chi connectivity index (χ1v) is 15.4. The fourth-order valence-corrected chi connectivity index (χ4v) is 6.96. The first-order valence-electron chi connectivity index (χ1n) is 13.8. The van der Waals surface area contributed by atoms with Gasteiger partial charge in [0.1, 0.15) is 11.1 Å². The van der Waals surface area contributed by atoms with Crippen LogP contribution in [0.15, 0.2) is 51.0 Å². The minimum atomic E-state index is -0.530. The average molecular weight is 665 g/mol. The molecule has 0 radical (unpaired) electrons. The number of ether oxygens (including phenoxy) is 2. The predicted octanol–water partition coefficient (Wildman–Crippen LogP) is 5.26. The second-order valence-electron chi connectivity index (χ2n) is 10.6. The van der Waals surface area contributed by atoms with Gasteiger partial charge in [-0.2, -0.15) is 10.2 Å². The highest BCUT2D eigenvalue weighted by Crippen LogP contribution is 2.39. The van der Waals surface area contributed by atoms with Crippen molar-refractivity contribution in [1.29, 1.82) is 5.26 Å². The number of likely N-dealkylation sites (N-methyl/N-ethyl adjacent to an activating group) is 1. The van der Waals surface area contributed by atoms with E-state index in [0.717, 1.165) is 35.2 Å². The summed E-state index contributed by atoms with van der Waals surface area (Å²) in [7, 11) is 6.52. The molecule has 6 rings (SSSR count). The molecule has 45 heavy (non-hydrogen) atoms. The number of aryl methyl sites for hydroxylation is 1. The number of methoxy groups -OCH3 is 1. The number of nitrogens with zero attached hydrogens (tertiary/aromatic N) is 7. The first kappa shape index (κ1) is 30.6. The Kier molecular flexibility index (Phi) is 8.28. The number of thiophene rings is 1. The fourth-order valence-electron chi connectivity index (χ4n) is 5.27. The van der Waals surface area contributed by atoms with E-state index in [1.165, 1.54) is 42.0 Å². The van der Waals surface area contributed by atoms with Crippen molar-refractivity contribution in [1.82, 2.24) is 23.6 Å². The molecule has 1 aliphatic rings. The molecule has 0 fully saturated rings. The average Bonchev–Trinajstić information content (AvgIpc) is 3.56. The standard InChI is InChI=1S/C31H27Cl2N7O4S/c1-37-10-9-20-21(13-34)28(45-25(20)16-37)35-14-17-5-8-23(24(11-17)43-4)44-30-36-27-26(29(41)39(3)31(42)38(27)2)40(30)15-18-6-7-19(32)12-22(18)33/h5-8,11-12,14H,9-10,15-16H2,1-4H3. The van der Waals surface area contributed by atoms with Crippen LogP contribution < -0.4 is 20.7 Å². The third-order valence-electron chi connectivity index (χ3n) is 7.72. The largest absolute Gasteiger partial charge is 0.493 e. The van der Waals surface area contributed by atoms with Gasteiger partial charge in [-0.1, -0.05) is 29.3 Å². The molecular weight excluding hydrogens is 637 g/mol. The molecule has 0 atom stereocenters. The Morgan fingerprint density at radius 2 is 1.91 bits per heavy atom. The molecule has 0 N–H and O–H groups in total. The fraction of sp³-hybridized carbons (Fsp3) is 0.258. The Morgan fingerprint density at radius 1 is 1.11 bits per heavy atom. The lowest BCUT2D eigenvalue weighted by Gasteiger charge is -2.21. The van der Waals surface area contributed by atoms with Crippen molar-refractivity contribution in [3.63, 3.8) is 0 Å². The summed E-state index contributed by atoms with van der Waals surface area (Å²) in [6.45, 7) is 1.83. The maximum atomic E-state index is 13.3. The van der Waals surface area contributed by atoms with E-state index in [4.69, 9.17) is 32.7 Å². The van der Waals surface area contributed by atoms with Crippen LogP contribution in [-0.2, 0) is 33.6 Å². The Morgan fingerprint density at radius 3 is 2.64 bits per heavy atom. The number of fused-ring (bicyclic) bond motifs is 2. The van der Waals surface area contributed by atoms with E-state index in [2.05, 4.69) is 28.0 Å². The van der Waals surface area contributed by atoms with E-state index < -0.39 is 11.2 Å². The maximum Gasteiger partial charge on any atom is 0.332 e. The Hall–Kier alpha value is -4.41. The van der Waals surface area contributed by atoms with E-state index in [-0.39, 0.29) is 23.7 Å². The van der Waals surface area contributed by atoms with Crippen molar-refractivity contribution >= 4 is 56.9 Å². The van der Waals surface area contributed by atoms with Crippen molar-refractivity contribution in [2.24, 2.45) is 19.1 Å². The molecule has 5 aromatic rings. The molecule has 0 amide bonds. The molecule has 0 aliphatic carbocycles. The molecule has 1 aliphatic heterocycles. The summed E-state index contributed by atoms with van der Waals surface area (Å²) in [6.07, 6.45) is 2.52. The molecule has 4 heterocycles. The number of imidazole rings is 1. The van der Waals surface area contributed by atoms with Gasteiger partial charge in [0.05, 0.1) is 19.2 Å². The number of hydrogen-bond acceptors (Lipinski definition) is 9. The van der Waals surface area contributed by atoms with Crippen molar-refractivity contribution in [3.8, 4) is 23.6 Å². The van der Waals surface area contributed by atoms with E-state index >= 15 is 0 Å². The van der Waals surface area contributed by atoms with E-state index in [0.29, 0.717) is 37.7 Å². The van der Waals surface area contributed by atoms with Gasteiger partial charge >= 0.3 is 11.7 Å². The second-order valence-corrected chi connectivity index (χ2v) is 12.6. The topological polar surface area (TPSA) is 120 Å². The smallest absolute Gasteiger partial charge is 0.332 e. The van der Waals surface area contributed by atoms with Crippen molar-refractivity contribution in [2.75, 3.05) is 20.7 Å². The maximum absolute atomic E-state index is 13.3. The highest BCUT2D eigenvalue weighted by molar-refractivity contribution is 7.16. The van der Waals surface area contributed by atoms with Gasteiger partial charge in [0, 0.05) is 48.3 Å². The minimum absolute atomic E-state index is 0.0572. The lowest BCUT2D eigenvalue weighted by atomic mass is 10.0. The summed E-state index contributed by atoms with van der Waals surface area (Å²) in [5.74, 6) is 0.707. The van der Waals surface area contributed by atoms with Crippen LogP contribution in [0.25, 0.3) is 11.2 Å². The molecule has 0 unspecified atom stereocenters. The van der Waals surface area contributed by atoms with Crippen LogP contribution in [0.3, 0.4) is 0 Å². The zero-order valence-corrected chi connectivity index (χ0v) is 27.1. The quantitative estimate of drug-likeness (QED) is 0.218. The van der Waals surface area contributed by atoms with Gasteiger partial charge in [-0.3, -0.25) is 18.5 Å². The van der Waals surface area contributed by atoms with Crippen LogP contribution >= 0.6 is 34.5 Å². The molecule has 0 bridgehead atoms. The van der Waals surface area contributed by atoms with Gasteiger partial charge in [0.2, 0.25) is 0 Å². The summed E-state index contributed by atoms with van der Waals surface area (Å²) in [6, 6.07) is 12.7. The number of benzene rings is 2. The van der Waals surface area contributed by atoms with Crippen molar-refractivity contribution in [3.05, 3.63) is 94.4 Å². The highest BCUT2D eigenvalue weighted by Gasteiger charge is 2.24. The molecule has 11 nitrogen and oxygen atoms in total. The van der Waals surface area contributed by atoms with Crippen LogP contribution in [0.5, 0.6) is 17.5 Å². The third-order valence-corrected chi connectivity index (χ3v) is 9.43. The Labute approximate surface area is 271 Å². The Balaban J connectivity index is 1.38. The van der Waals surface area contributed by atoms with Crippen LogP contribution in [0, 0.1) is 11.3 Å². The predicted molar refractivity (Wildman–Crippen MR) is 175 cm³/mol. The second kappa shape index (κ2) is 12.2. The number of aromatic nitrogens is 4. The molecular formula is C31H27Cl2N7O4S. The van der Waals surface area contributed by atoms with Crippen LogP contribution in [0.1, 0.15) is 27.1 Å². The molecule has 0 saturated heterocycles. The summed E-state index contributed by atoms with van der Waals surface area (Å²) in [5, 5.41) is 11.4. The zero-order chi connectivity index (χ0) is 32.0. The molecule has 2 aromatic carbocycles. The molecule has 230 valence electrons. The monoisotopic (exact) mass is 663 g/mol. The van der Waals surface area contributed by atoms with Gasteiger partial charge in [-0.05, 0) is 60.5 Å². The molecule has 3 aromatic heterocycles. The minimum Gasteiger partial charge on any atom is -0.493 e. The van der Waals surface area contributed by atoms with E-state index in [9.17, 15) is 14.9 Å². The Bertz CT molecular complexity index is 2170.